The molecule has 0 radical (unpaired) electrons. The van der Waals surface area contributed by atoms with Gasteiger partial charge in [-0.2, -0.15) is 0 Å². The van der Waals surface area contributed by atoms with Crippen LogP contribution in [0.4, 0.5) is 11.4 Å². The average Bonchev–Trinajstić information content (AvgIpc) is 3.10. The van der Waals surface area contributed by atoms with Crippen LogP contribution in [-0.2, 0) is 14.8 Å². The molecule has 0 saturated carbocycles. The number of benzene rings is 3. The molecule has 4 rings (SSSR count). The summed E-state index contributed by atoms with van der Waals surface area (Å²) in [5.74, 6) is 0.165. The summed E-state index contributed by atoms with van der Waals surface area (Å²) in [7, 11) is -3.67. The van der Waals surface area contributed by atoms with E-state index >= 15 is 0 Å². The van der Waals surface area contributed by atoms with Crippen LogP contribution < -0.4 is 14.4 Å². The third-order valence-electron chi connectivity index (χ3n) is 4.79. The van der Waals surface area contributed by atoms with E-state index in [-0.39, 0.29) is 6.54 Å². The van der Waals surface area contributed by atoms with Gasteiger partial charge in [-0.25, -0.2) is 8.42 Å². The lowest BCUT2D eigenvalue weighted by Gasteiger charge is -2.22. The molecule has 7 nitrogen and oxygen atoms in total. The summed E-state index contributed by atoms with van der Waals surface area (Å²) >= 11 is 0. The fourth-order valence-corrected chi connectivity index (χ4v) is 4.27. The first-order valence-corrected chi connectivity index (χ1v) is 11.6. The molecule has 1 N–H and O–H groups in total. The number of fused-ring (bicyclic) bond motifs is 3. The number of anilines is 2. The quantitative estimate of drug-likeness (QED) is 0.462. The van der Waals surface area contributed by atoms with Gasteiger partial charge in [0.1, 0.15) is 23.5 Å². The molecule has 0 saturated heterocycles. The second kappa shape index (κ2) is 8.31. The Bertz CT molecular complexity index is 1340. The van der Waals surface area contributed by atoms with E-state index in [9.17, 15) is 13.2 Å². The number of hydrogen-bond acceptors (Lipinski definition) is 5. The van der Waals surface area contributed by atoms with E-state index in [4.69, 9.17) is 9.15 Å². The van der Waals surface area contributed by atoms with Crippen molar-refractivity contribution in [2.24, 2.45) is 0 Å². The van der Waals surface area contributed by atoms with Gasteiger partial charge in [0.2, 0.25) is 15.9 Å². The second-order valence-corrected chi connectivity index (χ2v) is 8.96. The van der Waals surface area contributed by atoms with Crippen molar-refractivity contribution in [3.63, 3.8) is 0 Å². The molecular weight excluding hydrogens is 416 g/mol. The highest BCUT2D eigenvalue weighted by Crippen LogP contribution is 2.30. The molecule has 0 aliphatic heterocycles. The minimum atomic E-state index is -3.67. The zero-order valence-electron chi connectivity index (χ0n) is 17.2. The van der Waals surface area contributed by atoms with Gasteiger partial charge in [-0.05, 0) is 49.4 Å². The maximum absolute atomic E-state index is 12.6. The molecule has 0 fully saturated rings. The first kappa shape index (κ1) is 20.7. The van der Waals surface area contributed by atoms with E-state index in [0.717, 1.165) is 26.9 Å². The highest BCUT2D eigenvalue weighted by Gasteiger charge is 2.21. The van der Waals surface area contributed by atoms with E-state index in [0.29, 0.717) is 29.3 Å². The molecule has 0 unspecified atom stereocenters. The third kappa shape index (κ3) is 4.49. The predicted molar refractivity (Wildman–Crippen MR) is 122 cm³/mol. The van der Waals surface area contributed by atoms with Crippen molar-refractivity contribution < 1.29 is 22.4 Å². The smallest absolute Gasteiger partial charge is 0.245 e. The van der Waals surface area contributed by atoms with Gasteiger partial charge in [-0.1, -0.05) is 18.2 Å². The number of nitrogens with zero attached hydrogens (tertiary/aromatic N) is 1. The Morgan fingerprint density at radius 3 is 2.42 bits per heavy atom. The topological polar surface area (TPSA) is 88.8 Å². The summed E-state index contributed by atoms with van der Waals surface area (Å²) < 4.78 is 36.9. The number of rotatable bonds is 7. The first-order chi connectivity index (χ1) is 14.8. The summed E-state index contributed by atoms with van der Waals surface area (Å²) in [6.07, 6.45) is 1.07. The number of sulfonamides is 1. The van der Waals surface area contributed by atoms with Gasteiger partial charge in [0, 0.05) is 22.5 Å². The van der Waals surface area contributed by atoms with Crippen LogP contribution in [0.2, 0.25) is 0 Å². The van der Waals surface area contributed by atoms with E-state index < -0.39 is 15.9 Å². The van der Waals surface area contributed by atoms with Crippen molar-refractivity contribution in [3.8, 4) is 5.75 Å². The number of amides is 1. The Morgan fingerprint density at radius 2 is 1.71 bits per heavy atom. The normalized spacial score (nSPS) is 11.5. The van der Waals surface area contributed by atoms with Gasteiger partial charge < -0.3 is 14.5 Å². The van der Waals surface area contributed by atoms with Crippen LogP contribution in [0.15, 0.2) is 71.1 Å². The molecule has 0 aliphatic carbocycles. The van der Waals surface area contributed by atoms with Gasteiger partial charge in [-0.15, -0.1) is 0 Å². The zero-order chi connectivity index (χ0) is 22.0. The summed E-state index contributed by atoms with van der Waals surface area (Å²) in [6.45, 7) is 2.02. The maximum atomic E-state index is 12.6. The molecular formula is C23H22N2O5S. The minimum Gasteiger partial charge on any atom is -0.494 e. The standard InChI is InChI=1S/C23H22N2O5S/c1-3-29-18-11-9-17(10-12-18)25(31(2,27)28)15-23(26)24-16-8-13-20-19-6-4-5-7-21(19)30-22(20)14-16/h4-14H,3,15H2,1-2H3,(H,24,26). The Kier molecular flexibility index (Phi) is 5.56. The van der Waals surface area contributed by atoms with Gasteiger partial charge in [0.05, 0.1) is 18.6 Å². The third-order valence-corrected chi connectivity index (χ3v) is 5.93. The van der Waals surface area contributed by atoms with Crippen LogP contribution in [0, 0.1) is 0 Å². The predicted octanol–water partition coefficient (Wildman–Crippen LogP) is 4.39. The number of carbonyl (C=O) groups excluding carboxylic acids is 1. The van der Waals surface area contributed by atoms with Crippen LogP contribution >= 0.6 is 0 Å². The van der Waals surface area contributed by atoms with Crippen molar-refractivity contribution in [2.45, 2.75) is 6.92 Å². The van der Waals surface area contributed by atoms with E-state index in [1.54, 1.807) is 36.4 Å². The van der Waals surface area contributed by atoms with E-state index in [2.05, 4.69) is 5.32 Å². The summed E-state index contributed by atoms with van der Waals surface area (Å²) in [6, 6.07) is 19.6. The molecule has 0 spiro atoms. The molecule has 0 atom stereocenters. The zero-order valence-corrected chi connectivity index (χ0v) is 18.0. The molecule has 0 bridgehead atoms. The number of para-hydroxylation sites is 1. The van der Waals surface area contributed by atoms with Crippen molar-refractivity contribution >= 4 is 49.2 Å². The van der Waals surface area contributed by atoms with Gasteiger partial charge in [-0.3, -0.25) is 9.10 Å². The average molecular weight is 439 g/mol. The van der Waals surface area contributed by atoms with Crippen molar-refractivity contribution in [1.29, 1.82) is 0 Å². The molecule has 1 amide bonds. The largest absolute Gasteiger partial charge is 0.494 e. The monoisotopic (exact) mass is 438 g/mol. The van der Waals surface area contributed by atoms with Crippen molar-refractivity contribution in [3.05, 3.63) is 66.7 Å². The highest BCUT2D eigenvalue weighted by atomic mass is 32.2. The second-order valence-electron chi connectivity index (χ2n) is 7.05. The minimum absolute atomic E-state index is 0.356. The Balaban J connectivity index is 1.54. The molecule has 4 aromatic rings. The molecule has 0 aliphatic rings. The number of nitrogens with one attached hydrogen (secondary N) is 1. The van der Waals surface area contributed by atoms with Crippen LogP contribution in [0.25, 0.3) is 21.9 Å². The Labute approximate surface area is 180 Å². The lowest BCUT2D eigenvalue weighted by molar-refractivity contribution is -0.114. The van der Waals surface area contributed by atoms with Crippen LogP contribution in [0.3, 0.4) is 0 Å². The van der Waals surface area contributed by atoms with E-state index in [1.165, 1.54) is 0 Å². The SMILES string of the molecule is CCOc1ccc(N(CC(=O)Nc2ccc3c(c2)oc2ccccc23)S(C)(=O)=O)cc1. The summed E-state index contributed by atoms with van der Waals surface area (Å²) in [4.78, 5) is 12.6. The Morgan fingerprint density at radius 1 is 1.00 bits per heavy atom. The maximum Gasteiger partial charge on any atom is 0.245 e. The Hall–Kier alpha value is -3.52. The van der Waals surface area contributed by atoms with Crippen LogP contribution in [0.1, 0.15) is 6.92 Å². The van der Waals surface area contributed by atoms with Crippen LogP contribution in [-0.4, -0.2) is 33.7 Å². The van der Waals surface area contributed by atoms with Crippen LogP contribution in [0.5, 0.6) is 5.75 Å². The first-order valence-electron chi connectivity index (χ1n) is 9.77. The molecule has 3 aromatic carbocycles. The fourth-order valence-electron chi connectivity index (χ4n) is 3.41. The van der Waals surface area contributed by atoms with E-state index in [1.807, 2.05) is 37.3 Å². The molecule has 160 valence electrons. The van der Waals surface area contributed by atoms with Gasteiger partial charge in [0.25, 0.3) is 0 Å². The molecule has 8 heteroatoms. The lowest BCUT2D eigenvalue weighted by Crippen LogP contribution is -2.37. The molecule has 31 heavy (non-hydrogen) atoms. The molecule has 1 aromatic heterocycles. The lowest BCUT2D eigenvalue weighted by atomic mass is 10.1. The van der Waals surface area contributed by atoms with Crippen molar-refractivity contribution in [2.75, 3.05) is 29.0 Å². The van der Waals surface area contributed by atoms with Crippen molar-refractivity contribution in [1.82, 2.24) is 0 Å². The summed E-state index contributed by atoms with van der Waals surface area (Å²) in [5.41, 5.74) is 2.32. The fraction of sp³-hybridized carbons (Fsp3) is 0.174. The highest BCUT2D eigenvalue weighted by molar-refractivity contribution is 7.92. The molecule has 1 heterocycles. The van der Waals surface area contributed by atoms with Gasteiger partial charge in [0.15, 0.2) is 0 Å². The summed E-state index contributed by atoms with van der Waals surface area (Å²) in [5, 5.41) is 4.69. The number of hydrogen-bond donors (Lipinski definition) is 1. The van der Waals surface area contributed by atoms with Gasteiger partial charge >= 0.3 is 0 Å². The number of carbonyl (C=O) groups is 1. The number of ether oxygens (including phenoxy) is 1. The number of furan rings is 1.